The Morgan fingerprint density at radius 1 is 1.33 bits per heavy atom. The first kappa shape index (κ1) is 14.3. The molecule has 3 unspecified atom stereocenters. The number of nitrogens with zero attached hydrogens (tertiary/aromatic N) is 2. The van der Waals surface area contributed by atoms with Crippen molar-refractivity contribution in [2.45, 2.75) is 64.1 Å². The summed E-state index contributed by atoms with van der Waals surface area (Å²) < 4.78 is 0. The summed E-state index contributed by atoms with van der Waals surface area (Å²) in [4.78, 5) is 5.28. The quantitative estimate of drug-likeness (QED) is 0.811. The van der Waals surface area contributed by atoms with Crippen molar-refractivity contribution in [2.24, 2.45) is 0 Å². The standard InChI is InChI=1S/C15H31N3/c1-5-15(3)12-18(9-6-8-16-15)14-7-10-17(4)13(2)11-14/h13-14,16H,5-12H2,1-4H3. The molecule has 18 heavy (non-hydrogen) atoms. The molecule has 3 heteroatoms. The van der Waals surface area contributed by atoms with Crippen molar-refractivity contribution in [3.05, 3.63) is 0 Å². The number of hydrogen-bond donors (Lipinski definition) is 1. The maximum absolute atomic E-state index is 3.74. The van der Waals surface area contributed by atoms with Crippen LogP contribution in [-0.2, 0) is 0 Å². The fraction of sp³-hybridized carbons (Fsp3) is 1.00. The van der Waals surface area contributed by atoms with Gasteiger partial charge in [-0.05, 0) is 66.2 Å². The molecule has 0 amide bonds. The molecular formula is C15H31N3. The highest BCUT2D eigenvalue weighted by Gasteiger charge is 2.33. The minimum absolute atomic E-state index is 0.323. The Labute approximate surface area is 113 Å². The van der Waals surface area contributed by atoms with Crippen LogP contribution in [0.2, 0.25) is 0 Å². The van der Waals surface area contributed by atoms with E-state index in [0.29, 0.717) is 5.54 Å². The zero-order valence-electron chi connectivity index (χ0n) is 12.7. The van der Waals surface area contributed by atoms with E-state index in [9.17, 15) is 0 Å². The van der Waals surface area contributed by atoms with Crippen LogP contribution in [0.5, 0.6) is 0 Å². The molecule has 0 aromatic carbocycles. The van der Waals surface area contributed by atoms with Gasteiger partial charge in [0.2, 0.25) is 0 Å². The summed E-state index contributed by atoms with van der Waals surface area (Å²) in [7, 11) is 2.26. The normalized spacial score (nSPS) is 40.7. The van der Waals surface area contributed by atoms with Crippen LogP contribution in [0.3, 0.4) is 0 Å². The summed E-state index contributed by atoms with van der Waals surface area (Å²) in [6, 6.07) is 1.55. The van der Waals surface area contributed by atoms with Crippen LogP contribution in [0, 0.1) is 0 Å². The molecule has 0 spiro atoms. The topological polar surface area (TPSA) is 18.5 Å². The molecule has 0 aliphatic carbocycles. The molecule has 2 fully saturated rings. The summed E-state index contributed by atoms with van der Waals surface area (Å²) in [5, 5.41) is 3.74. The van der Waals surface area contributed by atoms with Crippen molar-refractivity contribution in [3.8, 4) is 0 Å². The van der Waals surface area contributed by atoms with Crippen molar-refractivity contribution < 1.29 is 0 Å². The van der Waals surface area contributed by atoms with E-state index in [1.165, 1.54) is 51.9 Å². The van der Waals surface area contributed by atoms with E-state index in [2.05, 4.69) is 42.9 Å². The lowest BCUT2D eigenvalue weighted by Gasteiger charge is -2.43. The number of piperidine rings is 1. The lowest BCUT2D eigenvalue weighted by atomic mass is 9.93. The highest BCUT2D eigenvalue weighted by Crippen LogP contribution is 2.24. The zero-order valence-corrected chi connectivity index (χ0v) is 12.7. The van der Waals surface area contributed by atoms with Crippen LogP contribution in [0.1, 0.15) is 46.5 Å². The smallest absolute Gasteiger partial charge is 0.0277 e. The fourth-order valence-electron chi connectivity index (χ4n) is 3.40. The first-order valence-electron chi connectivity index (χ1n) is 7.73. The van der Waals surface area contributed by atoms with Gasteiger partial charge in [-0.15, -0.1) is 0 Å². The molecule has 2 aliphatic heterocycles. The van der Waals surface area contributed by atoms with E-state index in [0.717, 1.165) is 12.1 Å². The van der Waals surface area contributed by atoms with Crippen molar-refractivity contribution in [1.82, 2.24) is 15.1 Å². The molecule has 2 heterocycles. The molecule has 3 nitrogen and oxygen atoms in total. The summed E-state index contributed by atoms with van der Waals surface area (Å²) in [5.74, 6) is 0. The number of nitrogens with one attached hydrogen (secondary N) is 1. The third-order valence-electron chi connectivity index (χ3n) is 5.20. The van der Waals surface area contributed by atoms with Crippen LogP contribution in [0.25, 0.3) is 0 Å². The Kier molecular flexibility index (Phi) is 4.68. The second-order valence-corrected chi connectivity index (χ2v) is 6.67. The number of likely N-dealkylation sites (tertiary alicyclic amines) is 1. The summed E-state index contributed by atoms with van der Waals surface area (Å²) in [6.07, 6.45) is 5.22. The zero-order chi connectivity index (χ0) is 13.2. The molecule has 0 saturated carbocycles. The minimum Gasteiger partial charge on any atom is -0.310 e. The van der Waals surface area contributed by atoms with Gasteiger partial charge in [0.15, 0.2) is 0 Å². The van der Waals surface area contributed by atoms with Gasteiger partial charge in [0.05, 0.1) is 0 Å². The summed E-state index contributed by atoms with van der Waals surface area (Å²) in [6.45, 7) is 12.0. The van der Waals surface area contributed by atoms with Crippen LogP contribution in [0.4, 0.5) is 0 Å². The molecule has 2 aliphatic rings. The van der Waals surface area contributed by atoms with E-state index >= 15 is 0 Å². The van der Waals surface area contributed by atoms with Gasteiger partial charge >= 0.3 is 0 Å². The average Bonchev–Trinajstić information content (AvgIpc) is 2.56. The molecule has 1 N–H and O–H groups in total. The lowest BCUT2D eigenvalue weighted by molar-refractivity contribution is 0.0757. The molecule has 0 bridgehead atoms. The SMILES string of the molecule is CCC1(C)CN(C2CCN(C)C(C)C2)CCCN1. The Morgan fingerprint density at radius 3 is 2.78 bits per heavy atom. The largest absolute Gasteiger partial charge is 0.310 e. The molecule has 0 aromatic rings. The van der Waals surface area contributed by atoms with Gasteiger partial charge in [0, 0.05) is 24.2 Å². The van der Waals surface area contributed by atoms with Crippen molar-refractivity contribution in [2.75, 3.05) is 33.2 Å². The fourth-order valence-corrected chi connectivity index (χ4v) is 3.40. The Balaban J connectivity index is 1.98. The van der Waals surface area contributed by atoms with E-state index in [-0.39, 0.29) is 0 Å². The van der Waals surface area contributed by atoms with Gasteiger partial charge in [0.25, 0.3) is 0 Å². The predicted octanol–water partition coefficient (Wildman–Crippen LogP) is 1.93. The van der Waals surface area contributed by atoms with Gasteiger partial charge in [-0.2, -0.15) is 0 Å². The van der Waals surface area contributed by atoms with Crippen LogP contribution >= 0.6 is 0 Å². The molecule has 106 valence electrons. The van der Waals surface area contributed by atoms with E-state index < -0.39 is 0 Å². The lowest BCUT2D eigenvalue weighted by Crippen LogP contribution is -2.53. The Morgan fingerprint density at radius 2 is 2.11 bits per heavy atom. The third-order valence-corrected chi connectivity index (χ3v) is 5.20. The maximum atomic E-state index is 3.74. The maximum Gasteiger partial charge on any atom is 0.0277 e. The third kappa shape index (κ3) is 3.25. The van der Waals surface area contributed by atoms with Crippen molar-refractivity contribution >= 4 is 0 Å². The second-order valence-electron chi connectivity index (χ2n) is 6.67. The van der Waals surface area contributed by atoms with E-state index in [4.69, 9.17) is 0 Å². The van der Waals surface area contributed by atoms with Crippen molar-refractivity contribution in [1.29, 1.82) is 0 Å². The molecule has 2 rings (SSSR count). The predicted molar refractivity (Wildman–Crippen MR) is 78.0 cm³/mol. The highest BCUT2D eigenvalue weighted by molar-refractivity contribution is 4.92. The van der Waals surface area contributed by atoms with E-state index in [1.54, 1.807) is 0 Å². The number of hydrogen-bond acceptors (Lipinski definition) is 3. The van der Waals surface area contributed by atoms with Gasteiger partial charge < -0.3 is 10.2 Å². The first-order chi connectivity index (χ1) is 8.54. The van der Waals surface area contributed by atoms with Crippen LogP contribution in [0.15, 0.2) is 0 Å². The highest BCUT2D eigenvalue weighted by atomic mass is 15.2. The second kappa shape index (κ2) is 5.89. The van der Waals surface area contributed by atoms with Gasteiger partial charge in [-0.1, -0.05) is 6.92 Å². The monoisotopic (exact) mass is 253 g/mol. The summed E-state index contributed by atoms with van der Waals surface area (Å²) in [5.41, 5.74) is 0.323. The van der Waals surface area contributed by atoms with Gasteiger partial charge in [-0.3, -0.25) is 4.90 Å². The molecule has 0 aromatic heterocycles. The molecule has 2 saturated heterocycles. The Hall–Kier alpha value is -0.120. The van der Waals surface area contributed by atoms with Gasteiger partial charge in [0.1, 0.15) is 0 Å². The summed E-state index contributed by atoms with van der Waals surface area (Å²) >= 11 is 0. The van der Waals surface area contributed by atoms with Crippen LogP contribution < -0.4 is 5.32 Å². The van der Waals surface area contributed by atoms with Crippen molar-refractivity contribution in [3.63, 3.8) is 0 Å². The average molecular weight is 253 g/mol. The molecule has 0 radical (unpaired) electrons. The first-order valence-corrected chi connectivity index (χ1v) is 7.73. The minimum atomic E-state index is 0.323. The van der Waals surface area contributed by atoms with Crippen LogP contribution in [-0.4, -0.2) is 60.6 Å². The van der Waals surface area contributed by atoms with E-state index in [1.807, 2.05) is 0 Å². The Bertz CT molecular complexity index is 268. The molecule has 3 atom stereocenters. The van der Waals surface area contributed by atoms with Gasteiger partial charge in [-0.25, -0.2) is 0 Å². The number of rotatable bonds is 2. The molecular weight excluding hydrogens is 222 g/mol.